The van der Waals surface area contributed by atoms with Gasteiger partial charge in [0.2, 0.25) is 5.91 Å². The lowest BCUT2D eigenvalue weighted by molar-refractivity contribution is -0.288. The number of carbonyl (C=O) groups is 1. The largest absolute Gasteiger partial charge is 0.369 e. The minimum Gasteiger partial charge on any atom is -0.369 e. The van der Waals surface area contributed by atoms with Crippen molar-refractivity contribution in [2.24, 2.45) is 124 Å². The summed E-state index contributed by atoms with van der Waals surface area (Å²) in [5, 5.41) is 0. The molecule has 0 aromatic carbocycles. The van der Waals surface area contributed by atoms with Crippen molar-refractivity contribution < 1.29 is 4.79 Å². The van der Waals surface area contributed by atoms with Crippen LogP contribution in [-0.2, 0) is 4.79 Å². The number of amides is 1. The molecular weight excluding hydrogens is 875 g/mol. The fourth-order valence-electron chi connectivity index (χ4n) is 16.2. The van der Waals surface area contributed by atoms with Crippen molar-refractivity contribution in [1.82, 2.24) is 0 Å². The second-order valence-corrected chi connectivity index (χ2v) is 21.7. The van der Waals surface area contributed by atoms with Gasteiger partial charge >= 0.3 is 0 Å². The molecular formula is C54H123N15O. The van der Waals surface area contributed by atoms with Crippen LogP contribution < -0.4 is 86.0 Å². The topological polar surface area (TPSA) is 407 Å². The lowest BCUT2D eigenvalue weighted by atomic mass is 9.26. The molecule has 0 aliphatic heterocycles. The first kappa shape index (κ1) is 68.9. The molecule has 0 rings (SSSR count). The Hall–Kier alpha value is -1.09. The van der Waals surface area contributed by atoms with E-state index in [1.807, 2.05) is 0 Å². The zero-order valence-corrected chi connectivity index (χ0v) is 45.9. The van der Waals surface area contributed by atoms with Gasteiger partial charge in [-0.25, -0.2) is 0 Å². The number of rotatable bonds is 52. The van der Waals surface area contributed by atoms with Gasteiger partial charge in [0.1, 0.15) is 0 Å². The minimum atomic E-state index is -1.06. The highest BCUT2D eigenvalue weighted by molar-refractivity contribution is 5.82. The molecule has 0 aromatic rings. The molecule has 0 radical (unpaired) electrons. The number of nitrogens with two attached hydrogens (primary N) is 15. The Labute approximate surface area is 430 Å². The maximum absolute atomic E-state index is 15.6. The van der Waals surface area contributed by atoms with Crippen LogP contribution in [-0.4, -0.2) is 97.5 Å². The molecule has 0 bridgehead atoms. The molecule has 0 aliphatic carbocycles. The van der Waals surface area contributed by atoms with Gasteiger partial charge in [0.15, 0.2) is 0 Å². The SMILES string of the molecule is CCCCC(CCCN)(CCCN)C(CCCN)(CCCN)C(CCCN)(CCCN)C(CCCN)(CCCN)C(CCCN)(CCCN)C(CCCN)(CCCN)C(CCCN)(CCCN)C(N)=O. The zero-order chi connectivity index (χ0) is 52.9. The summed E-state index contributed by atoms with van der Waals surface area (Å²) in [7, 11) is 0. The van der Waals surface area contributed by atoms with Gasteiger partial charge in [-0.15, -0.1) is 0 Å². The fourth-order valence-corrected chi connectivity index (χ4v) is 16.2. The average molecular weight is 999 g/mol. The summed E-state index contributed by atoms with van der Waals surface area (Å²) in [6.45, 7) is 9.14. The number of hydrogen-bond acceptors (Lipinski definition) is 15. The standard InChI is InChI=1S/C54H123N15O/c1-2-3-18-48(19-4-33-55,20-5-34-56)50(23-8-37-59,24-9-38-60)52(27-12-41-63,28-13-42-64)54(31-16-45-67,32-17-46-68)53(29-14-43-65,30-15-44-66)51(25-10-39-61,26-11-40-62)49(47(69)70,21-6-35-57)22-7-36-58/h2-46,55-68H2,1H3,(H2,69,70). The first-order valence-electron chi connectivity index (χ1n) is 29.0. The van der Waals surface area contributed by atoms with Crippen LogP contribution in [0.4, 0.5) is 0 Å². The molecule has 420 valence electrons. The van der Waals surface area contributed by atoms with E-state index >= 15 is 4.79 Å². The van der Waals surface area contributed by atoms with Crippen molar-refractivity contribution in [3.05, 3.63) is 0 Å². The smallest absolute Gasteiger partial charge is 0.224 e. The van der Waals surface area contributed by atoms with Gasteiger partial charge in [-0.3, -0.25) is 4.79 Å². The van der Waals surface area contributed by atoms with Gasteiger partial charge in [0.25, 0.3) is 0 Å². The Morgan fingerprint density at radius 3 is 0.686 bits per heavy atom. The predicted octanol–water partition coefficient (Wildman–Crippen LogP) is 3.91. The summed E-state index contributed by atoms with van der Waals surface area (Å²) >= 11 is 0. The number of primary amides is 1. The maximum atomic E-state index is 15.6. The summed E-state index contributed by atoms with van der Waals surface area (Å²) in [6.07, 6.45) is 24.3. The molecule has 16 nitrogen and oxygen atoms in total. The Morgan fingerprint density at radius 1 is 0.257 bits per heavy atom. The van der Waals surface area contributed by atoms with Crippen molar-refractivity contribution in [2.75, 3.05) is 91.6 Å². The second kappa shape index (κ2) is 38.5. The van der Waals surface area contributed by atoms with Gasteiger partial charge in [-0.2, -0.15) is 0 Å². The van der Waals surface area contributed by atoms with Crippen LogP contribution in [0.1, 0.15) is 206 Å². The lowest BCUT2D eigenvalue weighted by Gasteiger charge is -2.77. The highest BCUT2D eigenvalue weighted by atomic mass is 16.1. The van der Waals surface area contributed by atoms with Crippen LogP contribution in [0.25, 0.3) is 0 Å². The van der Waals surface area contributed by atoms with Crippen LogP contribution in [0.3, 0.4) is 0 Å². The molecule has 30 N–H and O–H groups in total. The van der Waals surface area contributed by atoms with Crippen LogP contribution in [0.2, 0.25) is 0 Å². The van der Waals surface area contributed by atoms with E-state index in [1.165, 1.54) is 0 Å². The van der Waals surface area contributed by atoms with E-state index in [2.05, 4.69) is 6.92 Å². The summed E-state index contributed by atoms with van der Waals surface area (Å²) in [5.41, 5.74) is 98.1. The molecule has 0 fully saturated rings. The van der Waals surface area contributed by atoms with Crippen molar-refractivity contribution in [2.45, 2.75) is 206 Å². The van der Waals surface area contributed by atoms with Crippen molar-refractivity contribution in [1.29, 1.82) is 0 Å². The first-order valence-corrected chi connectivity index (χ1v) is 29.0. The van der Waals surface area contributed by atoms with Gasteiger partial charge in [-0.05, 0) is 310 Å². The number of hydrogen-bond donors (Lipinski definition) is 15. The molecule has 16 heteroatoms. The van der Waals surface area contributed by atoms with E-state index in [0.717, 1.165) is 148 Å². The van der Waals surface area contributed by atoms with Gasteiger partial charge in [-0.1, -0.05) is 19.8 Å². The highest BCUT2D eigenvalue weighted by Crippen LogP contribution is 2.82. The zero-order valence-electron chi connectivity index (χ0n) is 45.9. The Balaban J connectivity index is 11.3. The minimum absolute atomic E-state index is 0.240. The Kier molecular flexibility index (Phi) is 37.9. The van der Waals surface area contributed by atoms with Crippen LogP contribution in [0.15, 0.2) is 0 Å². The van der Waals surface area contributed by atoms with E-state index in [1.54, 1.807) is 0 Å². The van der Waals surface area contributed by atoms with Gasteiger partial charge < -0.3 is 86.0 Å². The molecule has 0 aliphatic rings. The number of unbranched alkanes of at least 4 members (excludes halogenated alkanes) is 1. The molecule has 0 spiro atoms. The molecule has 0 saturated heterocycles. The van der Waals surface area contributed by atoms with Crippen LogP contribution in [0.5, 0.6) is 0 Å². The predicted molar refractivity (Wildman–Crippen MR) is 302 cm³/mol. The third-order valence-electron chi connectivity index (χ3n) is 18.5. The molecule has 0 aromatic heterocycles. The van der Waals surface area contributed by atoms with Gasteiger partial charge in [0, 0.05) is 0 Å². The lowest BCUT2D eigenvalue weighted by Crippen LogP contribution is -2.72. The maximum Gasteiger partial charge on any atom is 0.224 e. The first-order chi connectivity index (χ1) is 33.9. The summed E-state index contributed by atoms with van der Waals surface area (Å²) in [5.74, 6) is -0.296. The third kappa shape index (κ3) is 16.2. The quantitative estimate of drug-likeness (QED) is 0.0411. The molecule has 0 atom stereocenters. The van der Waals surface area contributed by atoms with Crippen LogP contribution in [0, 0.1) is 37.9 Å². The second-order valence-electron chi connectivity index (χ2n) is 21.7. The van der Waals surface area contributed by atoms with E-state index < -0.39 is 32.5 Å². The molecule has 0 unspecified atom stereocenters. The van der Waals surface area contributed by atoms with Crippen molar-refractivity contribution in [3.8, 4) is 0 Å². The highest BCUT2D eigenvalue weighted by Gasteiger charge is 2.76. The third-order valence-corrected chi connectivity index (χ3v) is 18.5. The van der Waals surface area contributed by atoms with E-state index in [4.69, 9.17) is 86.0 Å². The summed E-state index contributed by atoms with van der Waals surface area (Å²) in [4.78, 5) is 15.6. The van der Waals surface area contributed by atoms with Crippen LogP contribution >= 0.6 is 0 Å². The average Bonchev–Trinajstić information content (AvgIpc) is 3.37. The Bertz CT molecular complexity index is 1190. The van der Waals surface area contributed by atoms with Crippen molar-refractivity contribution in [3.63, 3.8) is 0 Å². The molecule has 70 heavy (non-hydrogen) atoms. The van der Waals surface area contributed by atoms with E-state index in [0.29, 0.717) is 143 Å². The summed E-state index contributed by atoms with van der Waals surface area (Å²) in [6, 6.07) is 0. The molecule has 0 saturated carbocycles. The number of carbonyl (C=O) groups excluding carboxylic acids is 1. The van der Waals surface area contributed by atoms with E-state index in [-0.39, 0.29) is 11.3 Å². The normalized spacial score (nSPS) is 13.5. The monoisotopic (exact) mass is 998 g/mol. The van der Waals surface area contributed by atoms with Gasteiger partial charge in [0.05, 0.1) is 5.41 Å². The van der Waals surface area contributed by atoms with Crippen molar-refractivity contribution >= 4 is 5.91 Å². The molecule has 0 heterocycles. The molecule has 1 amide bonds. The summed E-state index contributed by atoms with van der Waals surface area (Å²) < 4.78 is 0. The Morgan fingerprint density at radius 2 is 0.443 bits per heavy atom. The fraction of sp³-hybridized carbons (Fsp3) is 0.981. The van der Waals surface area contributed by atoms with E-state index in [9.17, 15) is 0 Å².